The summed E-state index contributed by atoms with van der Waals surface area (Å²) >= 11 is 1.43. The van der Waals surface area contributed by atoms with Crippen LogP contribution in [0.5, 0.6) is 0 Å². The summed E-state index contributed by atoms with van der Waals surface area (Å²) in [6.45, 7) is 8.70. The Labute approximate surface area is 292 Å². The van der Waals surface area contributed by atoms with Crippen molar-refractivity contribution in [1.29, 1.82) is 0 Å². The first-order valence-corrected chi connectivity index (χ1v) is 17.9. The second kappa shape index (κ2) is 21.2. The molecule has 0 spiro atoms. The van der Waals surface area contributed by atoms with Crippen LogP contribution in [0, 0.1) is 11.8 Å². The van der Waals surface area contributed by atoms with E-state index in [4.69, 9.17) is 17.2 Å². The lowest BCUT2D eigenvalue weighted by atomic mass is 9.97. The Bertz CT molecular complexity index is 1200. The van der Waals surface area contributed by atoms with Crippen LogP contribution in [0.4, 0.5) is 0 Å². The molecule has 0 aliphatic carbocycles. The molecule has 0 unspecified atom stereocenters. The third kappa shape index (κ3) is 14.6. The van der Waals surface area contributed by atoms with Gasteiger partial charge in [-0.2, -0.15) is 11.8 Å². The highest BCUT2D eigenvalue weighted by molar-refractivity contribution is 7.98. The number of carbonyl (C=O) groups is 8. The molecular weight excluding hydrogens is 658 g/mol. The van der Waals surface area contributed by atoms with E-state index in [1.807, 2.05) is 27.0 Å². The van der Waals surface area contributed by atoms with Crippen LogP contribution in [0.2, 0.25) is 0 Å². The smallest absolute Gasteiger partial charge is 0.243 e. The van der Waals surface area contributed by atoms with Gasteiger partial charge in [0.15, 0.2) is 0 Å². The number of nitrogens with two attached hydrogens (primary N) is 3. The maximum absolute atomic E-state index is 13.6. The SMILES string of the molecule is CC[C@H](C)[C@H](NC(=O)CNC(=O)[C@@H]1CCCN1C(=O)[C@H](C)N)C(=O)N[C@@H](CCSC)C(=O)N[C@@H](CC(C)C)C(=O)N[C@@H](CC(N)=O)C(N)=O. The van der Waals surface area contributed by atoms with Crippen molar-refractivity contribution in [1.82, 2.24) is 31.5 Å². The third-order valence-corrected chi connectivity index (χ3v) is 8.76. The maximum Gasteiger partial charge on any atom is 0.243 e. The first-order chi connectivity index (χ1) is 22.9. The van der Waals surface area contributed by atoms with Gasteiger partial charge >= 0.3 is 0 Å². The molecular formula is C31H55N9O8S. The minimum Gasteiger partial charge on any atom is -0.370 e. The lowest BCUT2D eigenvalue weighted by Gasteiger charge is -2.28. The molecule has 1 heterocycles. The van der Waals surface area contributed by atoms with Gasteiger partial charge in [0, 0.05) is 6.54 Å². The fraction of sp³-hybridized carbons (Fsp3) is 0.742. The highest BCUT2D eigenvalue weighted by Gasteiger charge is 2.36. The molecule has 7 atom stereocenters. The Kier molecular flexibility index (Phi) is 18.7. The second-order valence-corrected chi connectivity index (χ2v) is 13.8. The summed E-state index contributed by atoms with van der Waals surface area (Å²) in [7, 11) is 0. The molecule has 11 N–H and O–H groups in total. The molecule has 0 radical (unpaired) electrons. The van der Waals surface area contributed by atoms with Crippen molar-refractivity contribution in [3.05, 3.63) is 0 Å². The van der Waals surface area contributed by atoms with Crippen LogP contribution < -0.4 is 43.8 Å². The highest BCUT2D eigenvalue weighted by atomic mass is 32.2. The molecule has 1 rings (SSSR count). The normalized spacial score (nSPS) is 17.9. The Morgan fingerprint density at radius 1 is 0.857 bits per heavy atom. The number of carbonyl (C=O) groups excluding carboxylic acids is 8. The number of primary amides is 2. The van der Waals surface area contributed by atoms with E-state index in [-0.39, 0.29) is 30.6 Å². The van der Waals surface area contributed by atoms with Crippen LogP contribution in [0.1, 0.15) is 73.1 Å². The summed E-state index contributed by atoms with van der Waals surface area (Å²) in [4.78, 5) is 103. The summed E-state index contributed by atoms with van der Waals surface area (Å²) in [5.41, 5.74) is 16.2. The van der Waals surface area contributed by atoms with Crippen molar-refractivity contribution < 1.29 is 38.4 Å². The number of rotatable bonds is 21. The predicted octanol–water partition coefficient (Wildman–Crippen LogP) is -2.41. The van der Waals surface area contributed by atoms with Gasteiger partial charge in [0.25, 0.3) is 0 Å². The molecule has 0 aromatic rings. The molecule has 49 heavy (non-hydrogen) atoms. The zero-order chi connectivity index (χ0) is 37.4. The average molecular weight is 714 g/mol. The molecule has 0 aromatic carbocycles. The van der Waals surface area contributed by atoms with E-state index in [0.717, 1.165) is 0 Å². The molecule has 18 heteroatoms. The molecule has 8 amide bonds. The highest BCUT2D eigenvalue weighted by Crippen LogP contribution is 2.18. The zero-order valence-electron chi connectivity index (χ0n) is 29.3. The van der Waals surface area contributed by atoms with Crippen LogP contribution >= 0.6 is 11.8 Å². The number of thioether (sulfide) groups is 1. The van der Waals surface area contributed by atoms with Gasteiger partial charge in [0.2, 0.25) is 47.3 Å². The lowest BCUT2D eigenvalue weighted by molar-refractivity contribution is -0.139. The predicted molar refractivity (Wildman–Crippen MR) is 184 cm³/mol. The summed E-state index contributed by atoms with van der Waals surface area (Å²) in [6, 6.07) is -6.19. The fourth-order valence-corrected chi connectivity index (χ4v) is 5.69. The van der Waals surface area contributed by atoms with Crippen molar-refractivity contribution in [2.45, 2.75) is 109 Å². The van der Waals surface area contributed by atoms with Gasteiger partial charge in [-0.15, -0.1) is 0 Å². The topological polar surface area (TPSA) is 278 Å². The first-order valence-electron chi connectivity index (χ1n) is 16.5. The molecule has 0 aromatic heterocycles. The van der Waals surface area contributed by atoms with Gasteiger partial charge in [0.05, 0.1) is 19.0 Å². The minimum atomic E-state index is -1.37. The van der Waals surface area contributed by atoms with Crippen LogP contribution in [-0.2, 0) is 38.4 Å². The molecule has 0 bridgehead atoms. The van der Waals surface area contributed by atoms with Gasteiger partial charge in [-0.3, -0.25) is 38.4 Å². The number of amides is 8. The number of likely N-dealkylation sites (tertiary alicyclic amines) is 1. The molecule has 278 valence electrons. The summed E-state index contributed by atoms with van der Waals surface area (Å²) in [5.74, 6) is -5.36. The molecule has 1 saturated heterocycles. The van der Waals surface area contributed by atoms with Crippen molar-refractivity contribution >= 4 is 59.0 Å². The molecule has 1 aliphatic heterocycles. The van der Waals surface area contributed by atoms with E-state index in [2.05, 4.69) is 26.6 Å². The van der Waals surface area contributed by atoms with Crippen LogP contribution in [0.3, 0.4) is 0 Å². The van der Waals surface area contributed by atoms with E-state index >= 15 is 0 Å². The number of hydrogen-bond donors (Lipinski definition) is 8. The summed E-state index contributed by atoms with van der Waals surface area (Å²) < 4.78 is 0. The third-order valence-electron chi connectivity index (χ3n) is 8.11. The summed E-state index contributed by atoms with van der Waals surface area (Å²) in [5, 5.41) is 12.9. The Hall–Kier alpha value is -3.93. The van der Waals surface area contributed by atoms with Crippen LogP contribution in [0.15, 0.2) is 0 Å². The fourth-order valence-electron chi connectivity index (χ4n) is 5.21. The standard InChI is InChI=1S/C31H55N9O8S/c1-7-17(4)25(39-24(42)15-35-29(46)22-9-8-11-40(22)31(48)18(5)32)30(47)36-19(10-12-49-6)27(44)38-21(13-16(2)3)28(45)37-20(26(34)43)14-23(33)41/h16-22,25H,7-15,32H2,1-6H3,(H2,33,41)(H2,34,43)(H,35,46)(H,36,47)(H,37,45)(H,38,44)(H,39,42)/t17-,18-,19-,20-,21-,22-,25-/m0/s1. The zero-order valence-corrected chi connectivity index (χ0v) is 30.2. The number of hydrogen-bond acceptors (Lipinski definition) is 10. The maximum atomic E-state index is 13.6. The summed E-state index contributed by atoms with van der Waals surface area (Å²) in [6.07, 6.45) is 3.20. The number of nitrogens with zero attached hydrogens (tertiary/aromatic N) is 1. The lowest BCUT2D eigenvalue weighted by Crippen LogP contribution is -2.59. The minimum absolute atomic E-state index is 0.0783. The van der Waals surface area contributed by atoms with Crippen LogP contribution in [-0.4, -0.2) is 114 Å². The van der Waals surface area contributed by atoms with Gasteiger partial charge in [-0.05, 0) is 56.5 Å². The molecule has 1 fully saturated rings. The largest absolute Gasteiger partial charge is 0.370 e. The Morgan fingerprint density at radius 2 is 1.45 bits per heavy atom. The van der Waals surface area contributed by atoms with E-state index in [1.54, 1.807) is 6.92 Å². The number of nitrogens with one attached hydrogen (secondary N) is 5. The quantitative estimate of drug-likeness (QED) is 0.0624. The van der Waals surface area contributed by atoms with Gasteiger partial charge in [0.1, 0.15) is 30.2 Å². The van der Waals surface area contributed by atoms with E-state index in [1.165, 1.54) is 23.6 Å². The van der Waals surface area contributed by atoms with E-state index in [0.29, 0.717) is 31.6 Å². The van der Waals surface area contributed by atoms with Crippen molar-refractivity contribution in [2.75, 3.05) is 25.1 Å². The van der Waals surface area contributed by atoms with E-state index < -0.39 is 90.6 Å². The molecule has 0 saturated carbocycles. The van der Waals surface area contributed by atoms with Gasteiger partial charge < -0.3 is 48.7 Å². The van der Waals surface area contributed by atoms with Gasteiger partial charge in [-0.1, -0.05) is 34.1 Å². The van der Waals surface area contributed by atoms with Crippen molar-refractivity contribution in [3.8, 4) is 0 Å². The second-order valence-electron chi connectivity index (χ2n) is 12.8. The van der Waals surface area contributed by atoms with Crippen molar-refractivity contribution in [2.24, 2.45) is 29.0 Å². The van der Waals surface area contributed by atoms with Crippen LogP contribution in [0.25, 0.3) is 0 Å². The Morgan fingerprint density at radius 3 is 1.98 bits per heavy atom. The monoisotopic (exact) mass is 713 g/mol. The Balaban J connectivity index is 3.04. The average Bonchev–Trinajstić information content (AvgIpc) is 3.52. The molecule has 1 aliphatic rings. The molecule has 17 nitrogen and oxygen atoms in total. The first kappa shape index (κ1) is 43.1. The van der Waals surface area contributed by atoms with Gasteiger partial charge in [-0.25, -0.2) is 0 Å². The van der Waals surface area contributed by atoms with Crippen molar-refractivity contribution in [3.63, 3.8) is 0 Å². The van der Waals surface area contributed by atoms with E-state index in [9.17, 15) is 38.4 Å².